The van der Waals surface area contributed by atoms with Crippen LogP contribution in [0.3, 0.4) is 0 Å². The van der Waals surface area contributed by atoms with Crippen LogP contribution in [0.2, 0.25) is 0 Å². The number of hydrogen-bond acceptors (Lipinski definition) is 7. The first kappa shape index (κ1) is 19.6. The molecule has 4 N–H and O–H groups in total. The van der Waals surface area contributed by atoms with Crippen molar-refractivity contribution < 1.29 is 9.59 Å². The number of nitrogens with zero attached hydrogens (tertiary/aromatic N) is 4. The summed E-state index contributed by atoms with van der Waals surface area (Å²) in [5.41, 5.74) is 2.80. The molecular formula is C20H24N8O2. The molecule has 10 heteroatoms. The van der Waals surface area contributed by atoms with Crippen LogP contribution in [0.25, 0.3) is 11.2 Å². The topological polar surface area (TPSA) is 128 Å². The van der Waals surface area contributed by atoms with E-state index < -0.39 is 0 Å². The van der Waals surface area contributed by atoms with E-state index in [0.29, 0.717) is 35.9 Å². The maximum absolute atomic E-state index is 11.7. The van der Waals surface area contributed by atoms with Crippen molar-refractivity contribution in [1.82, 2.24) is 24.8 Å². The van der Waals surface area contributed by atoms with Gasteiger partial charge in [0.05, 0.1) is 6.33 Å². The molecule has 1 fully saturated rings. The van der Waals surface area contributed by atoms with Crippen molar-refractivity contribution in [3.63, 3.8) is 0 Å². The average molecular weight is 408 g/mol. The molecule has 0 atom stereocenters. The number of anilines is 4. The molecule has 2 aromatic heterocycles. The summed E-state index contributed by atoms with van der Waals surface area (Å²) in [6.45, 7) is 3.72. The Kier molecular flexibility index (Phi) is 5.73. The first-order valence-electron chi connectivity index (χ1n) is 9.96. The molecule has 1 aliphatic rings. The molecule has 2 amide bonds. The predicted molar refractivity (Wildman–Crippen MR) is 115 cm³/mol. The third kappa shape index (κ3) is 4.65. The van der Waals surface area contributed by atoms with Gasteiger partial charge in [0, 0.05) is 44.4 Å². The third-order valence-corrected chi connectivity index (χ3v) is 4.81. The first-order chi connectivity index (χ1) is 14.6. The van der Waals surface area contributed by atoms with E-state index in [0.717, 1.165) is 37.3 Å². The molecule has 0 bridgehead atoms. The minimum Gasteiger partial charge on any atom is -0.354 e. The monoisotopic (exact) mass is 408 g/mol. The normalized spacial score (nSPS) is 13.6. The second-order valence-electron chi connectivity index (χ2n) is 7.15. The quantitative estimate of drug-likeness (QED) is 0.422. The van der Waals surface area contributed by atoms with Gasteiger partial charge in [-0.15, -0.1) is 0 Å². The minimum atomic E-state index is -0.115. The van der Waals surface area contributed by atoms with E-state index in [4.69, 9.17) is 0 Å². The van der Waals surface area contributed by atoms with E-state index in [2.05, 4.69) is 35.9 Å². The number of amides is 2. The summed E-state index contributed by atoms with van der Waals surface area (Å²) in [5.74, 6) is 1.19. The fraction of sp³-hybridized carbons (Fsp3) is 0.350. The number of carbonyl (C=O) groups excluding carboxylic acids is 2. The number of aromatic amines is 1. The van der Waals surface area contributed by atoms with Gasteiger partial charge < -0.3 is 25.8 Å². The molecule has 156 valence electrons. The Morgan fingerprint density at radius 3 is 2.73 bits per heavy atom. The van der Waals surface area contributed by atoms with Gasteiger partial charge in [-0.3, -0.25) is 9.59 Å². The molecule has 30 heavy (non-hydrogen) atoms. The van der Waals surface area contributed by atoms with Gasteiger partial charge in [-0.05, 0) is 37.1 Å². The van der Waals surface area contributed by atoms with E-state index in [1.54, 1.807) is 6.33 Å². The lowest BCUT2D eigenvalue weighted by Crippen LogP contribution is -2.27. The van der Waals surface area contributed by atoms with E-state index in [1.165, 1.54) is 6.92 Å². The van der Waals surface area contributed by atoms with Crippen molar-refractivity contribution in [3.05, 3.63) is 30.6 Å². The van der Waals surface area contributed by atoms with Crippen LogP contribution in [-0.2, 0) is 9.59 Å². The highest BCUT2D eigenvalue weighted by Gasteiger charge is 2.19. The van der Waals surface area contributed by atoms with Crippen molar-refractivity contribution in [3.8, 4) is 0 Å². The molecule has 10 nitrogen and oxygen atoms in total. The number of benzene rings is 1. The SMILES string of the molecule is CC(=O)Nc1ccc(Nc2nc(NCCCN3CCCC3=O)nc3nc[nH]c23)cc1. The summed E-state index contributed by atoms with van der Waals surface area (Å²) in [6, 6.07) is 7.34. The minimum absolute atomic E-state index is 0.115. The molecule has 1 aromatic carbocycles. The molecule has 0 spiro atoms. The van der Waals surface area contributed by atoms with Gasteiger partial charge in [-0.2, -0.15) is 9.97 Å². The van der Waals surface area contributed by atoms with Crippen LogP contribution in [0.5, 0.6) is 0 Å². The standard InChI is InChI=1S/C20H24N8O2/c1-13(29)24-14-5-7-15(8-6-14)25-19-17-18(23-12-22-17)26-20(27-19)21-9-3-11-28-10-2-4-16(28)30/h5-8,12H,2-4,9-11H2,1H3,(H,24,29)(H3,21,22,23,25,26,27). The average Bonchev–Trinajstić information content (AvgIpc) is 3.35. The lowest BCUT2D eigenvalue weighted by molar-refractivity contribution is -0.127. The zero-order valence-electron chi connectivity index (χ0n) is 16.7. The molecule has 0 unspecified atom stereocenters. The van der Waals surface area contributed by atoms with Gasteiger partial charge in [0.1, 0.15) is 5.52 Å². The predicted octanol–water partition coefficient (Wildman–Crippen LogP) is 2.48. The Morgan fingerprint density at radius 2 is 2.00 bits per heavy atom. The van der Waals surface area contributed by atoms with Crippen LogP contribution < -0.4 is 16.0 Å². The van der Waals surface area contributed by atoms with Crippen LogP contribution in [0, 0.1) is 0 Å². The second-order valence-corrected chi connectivity index (χ2v) is 7.15. The number of likely N-dealkylation sites (tertiary alicyclic amines) is 1. The highest BCUT2D eigenvalue weighted by Crippen LogP contribution is 2.24. The number of hydrogen-bond donors (Lipinski definition) is 4. The van der Waals surface area contributed by atoms with Crippen LogP contribution in [-0.4, -0.2) is 56.3 Å². The highest BCUT2D eigenvalue weighted by atomic mass is 16.2. The van der Waals surface area contributed by atoms with Crippen molar-refractivity contribution in [2.24, 2.45) is 0 Å². The van der Waals surface area contributed by atoms with Gasteiger partial charge in [-0.1, -0.05) is 0 Å². The van der Waals surface area contributed by atoms with Crippen LogP contribution in [0.1, 0.15) is 26.2 Å². The summed E-state index contributed by atoms with van der Waals surface area (Å²) in [4.78, 5) is 41.1. The molecule has 0 radical (unpaired) electrons. The fourth-order valence-electron chi connectivity index (χ4n) is 3.39. The number of aromatic nitrogens is 4. The molecule has 0 aliphatic carbocycles. The molecule has 1 aliphatic heterocycles. The highest BCUT2D eigenvalue weighted by molar-refractivity contribution is 5.89. The van der Waals surface area contributed by atoms with Crippen molar-refractivity contribution in [2.45, 2.75) is 26.2 Å². The molecular weight excluding hydrogens is 384 g/mol. The third-order valence-electron chi connectivity index (χ3n) is 4.81. The van der Waals surface area contributed by atoms with E-state index in [9.17, 15) is 9.59 Å². The number of H-pyrrole nitrogens is 1. The Balaban J connectivity index is 1.42. The van der Waals surface area contributed by atoms with Crippen LogP contribution in [0.4, 0.5) is 23.1 Å². The van der Waals surface area contributed by atoms with Gasteiger partial charge in [-0.25, -0.2) is 4.98 Å². The maximum Gasteiger partial charge on any atom is 0.226 e. The maximum atomic E-state index is 11.7. The number of rotatable bonds is 8. The summed E-state index contributed by atoms with van der Waals surface area (Å²) in [6.07, 6.45) is 4.01. The molecule has 1 saturated heterocycles. The zero-order chi connectivity index (χ0) is 20.9. The van der Waals surface area contributed by atoms with E-state index in [-0.39, 0.29) is 11.8 Å². The van der Waals surface area contributed by atoms with Gasteiger partial charge >= 0.3 is 0 Å². The van der Waals surface area contributed by atoms with E-state index in [1.807, 2.05) is 29.2 Å². The Labute approximate surface area is 173 Å². The number of fused-ring (bicyclic) bond motifs is 1. The van der Waals surface area contributed by atoms with Crippen LogP contribution in [0.15, 0.2) is 30.6 Å². The summed E-state index contributed by atoms with van der Waals surface area (Å²) in [5, 5.41) is 9.23. The largest absolute Gasteiger partial charge is 0.354 e. The van der Waals surface area contributed by atoms with Crippen molar-refractivity contribution in [2.75, 3.05) is 35.6 Å². The molecule has 0 saturated carbocycles. The van der Waals surface area contributed by atoms with Crippen molar-refractivity contribution >= 4 is 46.1 Å². The summed E-state index contributed by atoms with van der Waals surface area (Å²) >= 11 is 0. The lowest BCUT2D eigenvalue weighted by atomic mass is 10.2. The molecule has 3 aromatic rings. The van der Waals surface area contributed by atoms with E-state index >= 15 is 0 Å². The first-order valence-corrected chi connectivity index (χ1v) is 9.96. The summed E-state index contributed by atoms with van der Waals surface area (Å²) in [7, 11) is 0. The van der Waals surface area contributed by atoms with Gasteiger partial charge in [0.25, 0.3) is 0 Å². The van der Waals surface area contributed by atoms with Gasteiger partial charge in [0.2, 0.25) is 17.8 Å². The lowest BCUT2D eigenvalue weighted by Gasteiger charge is -2.15. The number of nitrogens with one attached hydrogen (secondary N) is 4. The second kappa shape index (κ2) is 8.76. The van der Waals surface area contributed by atoms with Crippen LogP contribution >= 0.6 is 0 Å². The Bertz CT molecular complexity index is 1050. The summed E-state index contributed by atoms with van der Waals surface area (Å²) < 4.78 is 0. The Morgan fingerprint density at radius 1 is 1.20 bits per heavy atom. The number of imidazole rings is 1. The van der Waals surface area contributed by atoms with Gasteiger partial charge in [0.15, 0.2) is 11.5 Å². The molecule has 3 heterocycles. The molecule has 4 rings (SSSR count). The Hall–Kier alpha value is -3.69. The number of carbonyl (C=O) groups is 2. The smallest absolute Gasteiger partial charge is 0.226 e. The fourth-order valence-corrected chi connectivity index (χ4v) is 3.39. The van der Waals surface area contributed by atoms with Crippen molar-refractivity contribution in [1.29, 1.82) is 0 Å². The zero-order valence-corrected chi connectivity index (χ0v) is 16.7.